The number of hydrogen-bond acceptors (Lipinski definition) is 3. The van der Waals surface area contributed by atoms with Crippen LogP contribution in [0.4, 0.5) is 0 Å². The Morgan fingerprint density at radius 3 is 2.14 bits per heavy atom. The third-order valence-corrected chi connectivity index (χ3v) is 3.47. The Balaban J connectivity index is 2.36. The van der Waals surface area contributed by atoms with Crippen molar-refractivity contribution in [3.63, 3.8) is 0 Å². The Bertz CT molecular complexity index is 767. The first-order chi connectivity index (χ1) is 10.4. The van der Waals surface area contributed by atoms with E-state index in [9.17, 15) is 14.4 Å². The molecule has 2 aromatic rings. The summed E-state index contributed by atoms with van der Waals surface area (Å²) >= 11 is 5.97. The van der Waals surface area contributed by atoms with E-state index in [1.54, 1.807) is 6.07 Å². The molecular formula is C16H11ClO5. The summed E-state index contributed by atoms with van der Waals surface area (Å²) in [7, 11) is 0. The molecule has 0 amide bonds. The van der Waals surface area contributed by atoms with Crippen molar-refractivity contribution in [3.8, 4) is 0 Å². The molecule has 0 bridgehead atoms. The van der Waals surface area contributed by atoms with Crippen LogP contribution in [0, 0.1) is 0 Å². The molecule has 0 aliphatic carbocycles. The van der Waals surface area contributed by atoms with E-state index in [-0.39, 0.29) is 28.1 Å². The summed E-state index contributed by atoms with van der Waals surface area (Å²) in [6.07, 6.45) is -0.176. The molecule has 0 heterocycles. The lowest BCUT2D eigenvalue weighted by Gasteiger charge is -2.07. The van der Waals surface area contributed by atoms with Gasteiger partial charge in [-0.25, -0.2) is 9.59 Å². The van der Waals surface area contributed by atoms with E-state index in [0.29, 0.717) is 5.56 Å². The summed E-state index contributed by atoms with van der Waals surface area (Å²) in [6.45, 7) is 0. The Kier molecular flexibility index (Phi) is 4.58. The van der Waals surface area contributed by atoms with Crippen molar-refractivity contribution in [2.75, 3.05) is 0 Å². The summed E-state index contributed by atoms with van der Waals surface area (Å²) in [6, 6.07) is 9.89. The van der Waals surface area contributed by atoms with Crippen molar-refractivity contribution in [2.45, 2.75) is 6.42 Å². The van der Waals surface area contributed by atoms with Crippen LogP contribution >= 0.6 is 11.6 Å². The van der Waals surface area contributed by atoms with E-state index in [1.165, 1.54) is 36.4 Å². The van der Waals surface area contributed by atoms with Crippen molar-refractivity contribution in [3.05, 3.63) is 69.7 Å². The van der Waals surface area contributed by atoms with E-state index >= 15 is 0 Å². The number of carbonyl (C=O) groups excluding carboxylic acids is 1. The van der Waals surface area contributed by atoms with Crippen LogP contribution in [0.15, 0.2) is 42.5 Å². The summed E-state index contributed by atoms with van der Waals surface area (Å²) < 4.78 is 0. The zero-order valence-corrected chi connectivity index (χ0v) is 12.0. The van der Waals surface area contributed by atoms with Gasteiger partial charge in [0.05, 0.1) is 11.1 Å². The number of Topliss-reactive ketones (excluding diaryl/α,β-unsaturated/α-hetero) is 1. The van der Waals surface area contributed by atoms with Gasteiger partial charge in [0, 0.05) is 17.0 Å². The highest BCUT2D eigenvalue weighted by Crippen LogP contribution is 2.21. The van der Waals surface area contributed by atoms with Crippen LogP contribution in [-0.4, -0.2) is 27.9 Å². The second kappa shape index (κ2) is 6.41. The van der Waals surface area contributed by atoms with Gasteiger partial charge in [-0.05, 0) is 29.8 Å². The topological polar surface area (TPSA) is 91.7 Å². The Morgan fingerprint density at radius 1 is 0.909 bits per heavy atom. The monoisotopic (exact) mass is 318 g/mol. The molecule has 0 saturated carbocycles. The van der Waals surface area contributed by atoms with Gasteiger partial charge in [-0.1, -0.05) is 29.8 Å². The predicted molar refractivity (Wildman–Crippen MR) is 79.8 cm³/mol. The van der Waals surface area contributed by atoms with Gasteiger partial charge in [-0.3, -0.25) is 4.79 Å². The van der Waals surface area contributed by atoms with Gasteiger partial charge in [0.2, 0.25) is 0 Å². The molecule has 0 radical (unpaired) electrons. The maximum atomic E-state index is 12.3. The number of carboxylic acid groups (broad SMARTS) is 2. The molecule has 0 unspecified atom stereocenters. The van der Waals surface area contributed by atoms with Crippen LogP contribution in [0.2, 0.25) is 5.02 Å². The number of ketones is 1. The second-order valence-electron chi connectivity index (χ2n) is 4.56. The van der Waals surface area contributed by atoms with Crippen molar-refractivity contribution in [1.29, 1.82) is 0 Å². The van der Waals surface area contributed by atoms with Gasteiger partial charge >= 0.3 is 11.9 Å². The highest BCUT2D eigenvalue weighted by atomic mass is 35.5. The molecule has 0 aliphatic rings. The lowest BCUT2D eigenvalue weighted by atomic mass is 9.97. The third-order valence-electron chi connectivity index (χ3n) is 3.10. The Morgan fingerprint density at radius 2 is 1.55 bits per heavy atom. The molecule has 2 N–H and O–H groups in total. The molecule has 0 fully saturated rings. The molecule has 2 aromatic carbocycles. The second-order valence-corrected chi connectivity index (χ2v) is 4.97. The average molecular weight is 319 g/mol. The molecule has 2 rings (SSSR count). The van der Waals surface area contributed by atoms with Crippen LogP contribution in [0.3, 0.4) is 0 Å². The smallest absolute Gasteiger partial charge is 0.336 e. The maximum Gasteiger partial charge on any atom is 0.336 e. The zero-order chi connectivity index (χ0) is 16.3. The first-order valence-electron chi connectivity index (χ1n) is 6.27. The van der Waals surface area contributed by atoms with Crippen LogP contribution in [-0.2, 0) is 6.42 Å². The molecule has 22 heavy (non-hydrogen) atoms. The molecule has 0 spiro atoms. The van der Waals surface area contributed by atoms with Crippen LogP contribution in [0.5, 0.6) is 0 Å². The number of benzene rings is 2. The average Bonchev–Trinajstić information content (AvgIpc) is 2.49. The summed E-state index contributed by atoms with van der Waals surface area (Å²) in [5.41, 5.74) is 0.315. The Labute approximate surface area is 130 Å². The van der Waals surface area contributed by atoms with Crippen molar-refractivity contribution >= 4 is 29.3 Å². The highest BCUT2D eigenvalue weighted by molar-refractivity contribution is 6.31. The molecule has 5 nitrogen and oxygen atoms in total. The molecule has 0 aliphatic heterocycles. The number of aromatic carboxylic acids is 2. The van der Waals surface area contributed by atoms with E-state index in [2.05, 4.69) is 0 Å². The van der Waals surface area contributed by atoms with Gasteiger partial charge in [0.15, 0.2) is 5.78 Å². The number of carbonyl (C=O) groups is 3. The highest BCUT2D eigenvalue weighted by Gasteiger charge is 2.18. The van der Waals surface area contributed by atoms with E-state index in [4.69, 9.17) is 21.8 Å². The lowest BCUT2D eigenvalue weighted by molar-refractivity contribution is 0.0685. The van der Waals surface area contributed by atoms with E-state index in [1.807, 2.05) is 0 Å². The lowest BCUT2D eigenvalue weighted by Crippen LogP contribution is -2.11. The molecule has 112 valence electrons. The number of halogens is 1. The van der Waals surface area contributed by atoms with Gasteiger partial charge in [-0.2, -0.15) is 0 Å². The summed E-state index contributed by atoms with van der Waals surface area (Å²) in [5, 5.41) is 18.3. The largest absolute Gasteiger partial charge is 0.478 e. The first-order valence-corrected chi connectivity index (χ1v) is 6.65. The molecule has 0 saturated heterocycles. The van der Waals surface area contributed by atoms with Crippen molar-refractivity contribution < 1.29 is 24.6 Å². The van der Waals surface area contributed by atoms with Gasteiger partial charge in [0.25, 0.3) is 0 Å². The Hall–Kier alpha value is -2.66. The summed E-state index contributed by atoms with van der Waals surface area (Å²) in [5.74, 6) is -2.77. The standard InChI is InChI=1S/C16H11ClO5/c17-13-6-5-9(15(19)20)7-10(13)8-14(18)11-3-1-2-4-12(11)16(21)22/h1-7H,8H2,(H,19,20)(H,21,22). The number of rotatable bonds is 5. The van der Waals surface area contributed by atoms with Crippen molar-refractivity contribution in [2.24, 2.45) is 0 Å². The fourth-order valence-corrected chi connectivity index (χ4v) is 2.21. The minimum Gasteiger partial charge on any atom is -0.478 e. The van der Waals surface area contributed by atoms with Crippen molar-refractivity contribution in [1.82, 2.24) is 0 Å². The fraction of sp³-hybridized carbons (Fsp3) is 0.0625. The van der Waals surface area contributed by atoms with Gasteiger partial charge < -0.3 is 10.2 Å². The van der Waals surface area contributed by atoms with Gasteiger partial charge in [-0.15, -0.1) is 0 Å². The number of hydrogen-bond donors (Lipinski definition) is 2. The van der Waals surface area contributed by atoms with Crippen LogP contribution in [0.25, 0.3) is 0 Å². The maximum absolute atomic E-state index is 12.3. The molecule has 6 heteroatoms. The zero-order valence-electron chi connectivity index (χ0n) is 11.2. The number of carboxylic acids is 2. The molecule has 0 aromatic heterocycles. The normalized spacial score (nSPS) is 10.2. The van der Waals surface area contributed by atoms with E-state index in [0.717, 1.165) is 0 Å². The van der Waals surface area contributed by atoms with Crippen LogP contribution in [0.1, 0.15) is 36.6 Å². The minimum atomic E-state index is -1.20. The fourth-order valence-electron chi connectivity index (χ4n) is 2.02. The van der Waals surface area contributed by atoms with E-state index < -0.39 is 17.7 Å². The van der Waals surface area contributed by atoms with Crippen LogP contribution < -0.4 is 0 Å². The summed E-state index contributed by atoms with van der Waals surface area (Å²) in [4.78, 5) is 34.4. The van der Waals surface area contributed by atoms with Gasteiger partial charge in [0.1, 0.15) is 0 Å². The third kappa shape index (κ3) is 3.32. The first kappa shape index (κ1) is 15.7. The molecule has 0 atom stereocenters. The predicted octanol–water partition coefficient (Wildman–Crippen LogP) is 3.16. The molecular weight excluding hydrogens is 308 g/mol. The quantitative estimate of drug-likeness (QED) is 0.826. The SMILES string of the molecule is O=C(O)c1ccc(Cl)c(CC(=O)c2ccccc2C(=O)O)c1. The minimum absolute atomic E-state index is 0.0127.